The summed E-state index contributed by atoms with van der Waals surface area (Å²) in [6.07, 6.45) is 9.69. The maximum Gasteiger partial charge on any atom is 0.159 e. The summed E-state index contributed by atoms with van der Waals surface area (Å²) in [4.78, 5) is 21.4. The van der Waals surface area contributed by atoms with Crippen molar-refractivity contribution in [1.29, 1.82) is 0 Å². The molecule has 0 saturated carbocycles. The van der Waals surface area contributed by atoms with Gasteiger partial charge in [-0.2, -0.15) is 5.10 Å². The minimum absolute atomic E-state index is 0.733. The largest absolute Gasteiger partial charge is 0.337 e. The topological polar surface area (TPSA) is 86.4 Å². The normalized spacial score (nSPS) is 14.7. The van der Waals surface area contributed by atoms with Crippen LogP contribution in [0.25, 0.3) is 55.2 Å². The zero-order chi connectivity index (χ0) is 23.9. The monoisotopic (exact) mass is 491 g/mol. The number of likely N-dealkylation sites (tertiary alicyclic amines) is 1. The lowest BCUT2D eigenvalue weighted by molar-refractivity contribution is 0.220. The summed E-state index contributed by atoms with van der Waals surface area (Å²) in [6, 6.07) is 14.8. The van der Waals surface area contributed by atoms with Crippen LogP contribution in [0.3, 0.4) is 0 Å². The highest BCUT2D eigenvalue weighted by Crippen LogP contribution is 2.34. The van der Waals surface area contributed by atoms with Crippen LogP contribution in [0.5, 0.6) is 0 Å². The molecule has 7 rings (SSSR count). The molecule has 0 bridgehead atoms. The van der Waals surface area contributed by atoms with Crippen molar-refractivity contribution < 1.29 is 0 Å². The summed E-state index contributed by atoms with van der Waals surface area (Å²) in [5.41, 5.74) is 7.90. The number of aromatic amines is 2. The van der Waals surface area contributed by atoms with Crippen LogP contribution in [0.15, 0.2) is 66.4 Å². The average molecular weight is 492 g/mol. The molecule has 1 aromatic carbocycles. The maximum absolute atomic E-state index is 4.97. The summed E-state index contributed by atoms with van der Waals surface area (Å²) in [7, 11) is 0. The van der Waals surface area contributed by atoms with E-state index in [1.807, 2.05) is 18.6 Å². The van der Waals surface area contributed by atoms with Crippen LogP contribution in [-0.2, 0) is 6.54 Å². The third-order valence-electron chi connectivity index (χ3n) is 6.92. The Bertz CT molecular complexity index is 1660. The van der Waals surface area contributed by atoms with Gasteiger partial charge in [0.2, 0.25) is 0 Å². The van der Waals surface area contributed by atoms with Gasteiger partial charge in [-0.25, -0.2) is 9.97 Å². The smallest absolute Gasteiger partial charge is 0.159 e. The third-order valence-corrected chi connectivity index (χ3v) is 7.83. The van der Waals surface area contributed by atoms with Crippen molar-refractivity contribution in [1.82, 2.24) is 35.0 Å². The van der Waals surface area contributed by atoms with Crippen molar-refractivity contribution >= 4 is 33.4 Å². The summed E-state index contributed by atoms with van der Waals surface area (Å²) in [5, 5.41) is 10.7. The Morgan fingerprint density at radius 2 is 1.86 bits per heavy atom. The van der Waals surface area contributed by atoms with Crippen LogP contribution in [0.2, 0.25) is 0 Å². The Balaban J connectivity index is 1.26. The van der Waals surface area contributed by atoms with Gasteiger partial charge in [-0.3, -0.25) is 15.0 Å². The third kappa shape index (κ3) is 3.88. The summed E-state index contributed by atoms with van der Waals surface area (Å²) < 4.78 is 0. The molecule has 0 atom stereocenters. The first-order chi connectivity index (χ1) is 17.8. The minimum Gasteiger partial charge on any atom is -0.337 e. The van der Waals surface area contributed by atoms with E-state index in [0.29, 0.717) is 0 Å². The molecule has 0 amide bonds. The molecule has 0 radical (unpaired) electrons. The van der Waals surface area contributed by atoms with Crippen LogP contribution < -0.4 is 0 Å². The molecule has 1 aliphatic rings. The Morgan fingerprint density at radius 3 is 2.75 bits per heavy atom. The van der Waals surface area contributed by atoms with Gasteiger partial charge < -0.3 is 4.98 Å². The van der Waals surface area contributed by atoms with Gasteiger partial charge in [-0.1, -0.05) is 24.6 Å². The van der Waals surface area contributed by atoms with E-state index in [1.54, 1.807) is 11.3 Å². The molecular formula is C28H25N7S. The fourth-order valence-corrected chi connectivity index (χ4v) is 5.88. The summed E-state index contributed by atoms with van der Waals surface area (Å²) in [5.74, 6) is 0.733. The second kappa shape index (κ2) is 8.96. The van der Waals surface area contributed by atoms with Gasteiger partial charge in [0, 0.05) is 46.7 Å². The maximum atomic E-state index is 4.97. The van der Waals surface area contributed by atoms with Gasteiger partial charge >= 0.3 is 0 Å². The molecule has 1 saturated heterocycles. The molecule has 6 heterocycles. The summed E-state index contributed by atoms with van der Waals surface area (Å²) in [6.45, 7) is 3.28. The van der Waals surface area contributed by atoms with Crippen LogP contribution in [-0.4, -0.2) is 48.1 Å². The zero-order valence-electron chi connectivity index (χ0n) is 19.7. The zero-order valence-corrected chi connectivity index (χ0v) is 20.6. The number of piperidine rings is 1. The van der Waals surface area contributed by atoms with E-state index in [4.69, 9.17) is 4.98 Å². The number of nitrogens with one attached hydrogen (secondary N) is 2. The molecule has 1 fully saturated rings. The average Bonchev–Trinajstić information content (AvgIpc) is 3.68. The van der Waals surface area contributed by atoms with Crippen molar-refractivity contribution in [2.45, 2.75) is 25.8 Å². The second-order valence-electron chi connectivity index (χ2n) is 9.38. The molecule has 6 aromatic rings. The number of rotatable bonds is 5. The molecule has 0 aliphatic carbocycles. The highest BCUT2D eigenvalue weighted by atomic mass is 32.1. The molecule has 178 valence electrons. The van der Waals surface area contributed by atoms with E-state index in [2.05, 4.69) is 77.9 Å². The number of pyridine rings is 2. The Labute approximate surface area is 212 Å². The van der Waals surface area contributed by atoms with Crippen molar-refractivity contribution in [3.63, 3.8) is 0 Å². The van der Waals surface area contributed by atoms with Gasteiger partial charge in [0.05, 0.1) is 16.4 Å². The molecule has 0 unspecified atom stereocenters. The number of fused-ring (bicyclic) bond motifs is 2. The van der Waals surface area contributed by atoms with E-state index in [1.165, 1.54) is 42.8 Å². The lowest BCUT2D eigenvalue weighted by Crippen LogP contribution is -2.29. The molecular weight excluding hydrogens is 466 g/mol. The molecule has 5 aromatic heterocycles. The van der Waals surface area contributed by atoms with Crippen molar-refractivity contribution in [2.24, 2.45) is 0 Å². The number of H-pyrrole nitrogens is 2. The van der Waals surface area contributed by atoms with E-state index in [-0.39, 0.29) is 0 Å². The number of hydrogen-bond acceptors (Lipinski definition) is 6. The fraction of sp³-hybridized carbons (Fsp3) is 0.214. The number of hydrogen-bond donors (Lipinski definition) is 2. The molecule has 7 nitrogen and oxygen atoms in total. The standard InChI is InChI=1S/C28H25N7S/c1-2-9-35(10-3-1)17-18-12-19(15-29-14-18)20-13-22-26(33-34-27(22)30-16-20)28-31-23-7-4-6-21(25(23)32-28)24-8-5-11-36-24/h4-8,11-16H,1-3,9-10,17H2,(H,31,32)(H,30,33,34). The predicted octanol–water partition coefficient (Wildman–Crippen LogP) is 6.28. The molecule has 2 N–H and O–H groups in total. The Morgan fingerprint density at radius 1 is 0.944 bits per heavy atom. The lowest BCUT2D eigenvalue weighted by atomic mass is 10.1. The highest BCUT2D eigenvalue weighted by Gasteiger charge is 2.17. The predicted molar refractivity (Wildman–Crippen MR) is 145 cm³/mol. The van der Waals surface area contributed by atoms with Crippen molar-refractivity contribution in [3.05, 3.63) is 72.0 Å². The first kappa shape index (κ1) is 21.4. The fourth-order valence-electron chi connectivity index (χ4n) is 5.12. The number of benzene rings is 1. The lowest BCUT2D eigenvalue weighted by Gasteiger charge is -2.26. The van der Waals surface area contributed by atoms with Gasteiger partial charge in [-0.05, 0) is 61.1 Å². The van der Waals surface area contributed by atoms with Gasteiger partial charge in [0.1, 0.15) is 5.69 Å². The first-order valence-corrected chi connectivity index (χ1v) is 13.2. The van der Waals surface area contributed by atoms with E-state index in [9.17, 15) is 0 Å². The molecule has 1 aliphatic heterocycles. The summed E-state index contributed by atoms with van der Waals surface area (Å²) >= 11 is 1.72. The quantitative estimate of drug-likeness (QED) is 0.296. The number of thiophene rings is 1. The molecule has 8 heteroatoms. The van der Waals surface area contributed by atoms with Crippen LogP contribution in [0.1, 0.15) is 24.8 Å². The van der Waals surface area contributed by atoms with Crippen LogP contribution >= 0.6 is 11.3 Å². The van der Waals surface area contributed by atoms with Gasteiger partial charge in [-0.15, -0.1) is 11.3 Å². The van der Waals surface area contributed by atoms with E-state index < -0.39 is 0 Å². The number of imidazole rings is 1. The molecule has 0 spiro atoms. The second-order valence-corrected chi connectivity index (χ2v) is 10.3. The number of nitrogens with zero attached hydrogens (tertiary/aromatic N) is 5. The SMILES string of the molecule is c1csc(-c2cccc3[nH]c(-c4n[nH]c5ncc(-c6cncc(CN7CCCCC7)c6)cc45)nc23)c1. The Hall–Kier alpha value is -3.88. The van der Waals surface area contributed by atoms with E-state index in [0.717, 1.165) is 56.8 Å². The Kier molecular flexibility index (Phi) is 5.33. The number of para-hydroxylation sites is 1. The first-order valence-electron chi connectivity index (χ1n) is 12.4. The van der Waals surface area contributed by atoms with Crippen molar-refractivity contribution in [2.75, 3.05) is 13.1 Å². The highest BCUT2D eigenvalue weighted by molar-refractivity contribution is 7.13. The van der Waals surface area contributed by atoms with Gasteiger partial charge in [0.25, 0.3) is 0 Å². The minimum atomic E-state index is 0.733. The number of aromatic nitrogens is 6. The van der Waals surface area contributed by atoms with Crippen molar-refractivity contribution in [3.8, 4) is 33.1 Å². The molecule has 36 heavy (non-hydrogen) atoms. The van der Waals surface area contributed by atoms with Gasteiger partial charge in [0.15, 0.2) is 11.5 Å². The van der Waals surface area contributed by atoms with Crippen LogP contribution in [0.4, 0.5) is 0 Å². The van der Waals surface area contributed by atoms with Crippen LogP contribution in [0, 0.1) is 0 Å². The van der Waals surface area contributed by atoms with E-state index >= 15 is 0 Å².